The van der Waals surface area contributed by atoms with E-state index < -0.39 is 0 Å². The number of aliphatic hydroxyl groups excluding tert-OH is 1. The predicted octanol–water partition coefficient (Wildman–Crippen LogP) is 0.313. The third-order valence-electron chi connectivity index (χ3n) is 3.35. The van der Waals surface area contributed by atoms with Gasteiger partial charge in [0.2, 0.25) is 11.2 Å². The van der Waals surface area contributed by atoms with Crippen LogP contribution in [0.25, 0.3) is 5.95 Å². The van der Waals surface area contributed by atoms with E-state index >= 15 is 0 Å². The van der Waals surface area contributed by atoms with Gasteiger partial charge in [-0.1, -0.05) is 6.92 Å². The quantitative estimate of drug-likeness (QED) is 0.852. The number of anilines is 1. The molecule has 1 fully saturated rings. The summed E-state index contributed by atoms with van der Waals surface area (Å²) in [5.74, 6) is 0.986. The maximum absolute atomic E-state index is 9.77. The number of aliphatic hydroxyl groups is 1. The molecule has 3 rings (SSSR count). The van der Waals surface area contributed by atoms with Gasteiger partial charge in [0.25, 0.3) is 5.95 Å². The molecule has 1 N–H and O–H groups in total. The van der Waals surface area contributed by atoms with Gasteiger partial charge in [0.1, 0.15) is 12.7 Å². The summed E-state index contributed by atoms with van der Waals surface area (Å²) < 4.78 is 1.43. The van der Waals surface area contributed by atoms with Crippen LogP contribution in [-0.2, 0) is 0 Å². The van der Waals surface area contributed by atoms with Crippen molar-refractivity contribution in [3.8, 4) is 5.95 Å². The molecule has 0 radical (unpaired) electrons. The molecular weight excluding hydrogens is 282 g/mol. The van der Waals surface area contributed by atoms with E-state index in [1.54, 1.807) is 0 Å². The van der Waals surface area contributed by atoms with E-state index in [0.29, 0.717) is 31.4 Å². The molecule has 0 amide bonds. The van der Waals surface area contributed by atoms with Crippen LogP contribution < -0.4 is 4.90 Å². The first-order valence-electron chi connectivity index (χ1n) is 6.33. The smallest absolute Gasteiger partial charge is 0.258 e. The minimum absolute atomic E-state index is 0.110. The Morgan fingerprint density at radius 2 is 2.10 bits per heavy atom. The number of nitrogens with zero attached hydrogens (tertiary/aromatic N) is 7. The van der Waals surface area contributed by atoms with Crippen LogP contribution in [0.5, 0.6) is 0 Å². The van der Waals surface area contributed by atoms with E-state index in [4.69, 9.17) is 11.6 Å². The molecule has 2 aromatic rings. The largest absolute Gasteiger partial charge is 0.393 e. The Kier molecular flexibility index (Phi) is 3.49. The summed E-state index contributed by atoms with van der Waals surface area (Å²) in [5.41, 5.74) is 0. The van der Waals surface area contributed by atoms with Gasteiger partial charge in [0.15, 0.2) is 0 Å². The molecule has 0 bridgehead atoms. The van der Waals surface area contributed by atoms with Crippen LogP contribution in [0, 0.1) is 5.92 Å². The lowest BCUT2D eigenvalue weighted by Crippen LogP contribution is -2.42. The van der Waals surface area contributed by atoms with Crippen LogP contribution in [0.4, 0.5) is 5.95 Å². The maximum atomic E-state index is 9.77. The van der Waals surface area contributed by atoms with Crippen molar-refractivity contribution < 1.29 is 5.11 Å². The van der Waals surface area contributed by atoms with Gasteiger partial charge >= 0.3 is 0 Å². The zero-order chi connectivity index (χ0) is 14.1. The van der Waals surface area contributed by atoms with Gasteiger partial charge in [-0.3, -0.25) is 0 Å². The normalized spacial score (nSPS) is 23.1. The molecule has 1 aliphatic rings. The van der Waals surface area contributed by atoms with Crippen molar-refractivity contribution in [2.24, 2.45) is 5.92 Å². The van der Waals surface area contributed by atoms with Crippen LogP contribution in [0.1, 0.15) is 13.3 Å². The number of aromatic nitrogens is 6. The van der Waals surface area contributed by atoms with Gasteiger partial charge in [-0.2, -0.15) is 24.7 Å². The molecule has 0 aliphatic carbocycles. The molecule has 0 aromatic carbocycles. The van der Waals surface area contributed by atoms with E-state index in [1.807, 2.05) is 11.8 Å². The molecule has 1 aliphatic heterocycles. The third-order valence-corrected chi connectivity index (χ3v) is 3.52. The molecule has 2 atom stereocenters. The molecule has 8 nitrogen and oxygen atoms in total. The average Bonchev–Trinajstić information content (AvgIpc) is 2.95. The molecule has 3 heterocycles. The molecule has 2 aromatic heterocycles. The van der Waals surface area contributed by atoms with E-state index in [-0.39, 0.29) is 17.3 Å². The van der Waals surface area contributed by atoms with Crippen molar-refractivity contribution in [1.29, 1.82) is 0 Å². The van der Waals surface area contributed by atoms with Gasteiger partial charge < -0.3 is 10.0 Å². The summed E-state index contributed by atoms with van der Waals surface area (Å²) in [4.78, 5) is 18.4. The first kappa shape index (κ1) is 13.2. The van der Waals surface area contributed by atoms with Crippen molar-refractivity contribution in [1.82, 2.24) is 29.7 Å². The Hall–Kier alpha value is -1.80. The van der Waals surface area contributed by atoms with Crippen molar-refractivity contribution in [2.75, 3.05) is 18.0 Å². The van der Waals surface area contributed by atoms with Gasteiger partial charge in [0, 0.05) is 13.1 Å². The summed E-state index contributed by atoms with van der Waals surface area (Å²) in [7, 11) is 0. The minimum atomic E-state index is -0.279. The second-order valence-electron chi connectivity index (χ2n) is 4.82. The Morgan fingerprint density at radius 1 is 1.30 bits per heavy atom. The molecule has 0 saturated carbocycles. The standard InChI is InChI=1S/C11H14ClN7O/c1-7-4-18(3-2-8(7)20)10-15-9(12)16-11(17-10)19-6-13-5-14-19/h5-8,20H,2-4H2,1H3. The Morgan fingerprint density at radius 3 is 2.80 bits per heavy atom. The highest BCUT2D eigenvalue weighted by Crippen LogP contribution is 2.21. The third kappa shape index (κ3) is 2.56. The minimum Gasteiger partial charge on any atom is -0.393 e. The first-order chi connectivity index (χ1) is 9.63. The molecule has 1 saturated heterocycles. The highest BCUT2D eigenvalue weighted by molar-refractivity contribution is 6.28. The highest BCUT2D eigenvalue weighted by Gasteiger charge is 2.26. The lowest BCUT2D eigenvalue weighted by atomic mass is 9.97. The second kappa shape index (κ2) is 5.29. The van der Waals surface area contributed by atoms with Crippen LogP contribution >= 0.6 is 11.6 Å². The maximum Gasteiger partial charge on any atom is 0.258 e. The molecule has 20 heavy (non-hydrogen) atoms. The van der Waals surface area contributed by atoms with E-state index in [1.165, 1.54) is 17.3 Å². The Bertz CT molecular complexity index is 590. The predicted molar refractivity (Wildman–Crippen MR) is 71.8 cm³/mol. The van der Waals surface area contributed by atoms with Crippen molar-refractivity contribution in [2.45, 2.75) is 19.4 Å². The van der Waals surface area contributed by atoms with Crippen LogP contribution in [0.2, 0.25) is 5.28 Å². The number of hydrogen-bond acceptors (Lipinski definition) is 7. The number of rotatable bonds is 2. The zero-order valence-electron chi connectivity index (χ0n) is 10.9. The summed E-state index contributed by atoms with van der Waals surface area (Å²) in [6.45, 7) is 3.36. The Labute approximate surface area is 120 Å². The van der Waals surface area contributed by atoms with Crippen LogP contribution in [0.15, 0.2) is 12.7 Å². The van der Waals surface area contributed by atoms with Crippen LogP contribution in [-0.4, -0.2) is 54.0 Å². The van der Waals surface area contributed by atoms with Crippen LogP contribution in [0.3, 0.4) is 0 Å². The fraction of sp³-hybridized carbons (Fsp3) is 0.545. The van der Waals surface area contributed by atoms with Crippen molar-refractivity contribution in [3.05, 3.63) is 17.9 Å². The Balaban J connectivity index is 1.90. The first-order valence-corrected chi connectivity index (χ1v) is 6.71. The van der Waals surface area contributed by atoms with Gasteiger partial charge in [0.05, 0.1) is 6.10 Å². The zero-order valence-corrected chi connectivity index (χ0v) is 11.6. The fourth-order valence-electron chi connectivity index (χ4n) is 2.20. The topological polar surface area (TPSA) is 92.9 Å². The van der Waals surface area contributed by atoms with Gasteiger partial charge in [-0.05, 0) is 23.9 Å². The molecule has 2 unspecified atom stereocenters. The SMILES string of the molecule is CC1CN(c2nc(Cl)nc(-n3cncn3)n2)CCC1O. The van der Waals surface area contributed by atoms with E-state index in [0.717, 1.165) is 0 Å². The lowest BCUT2D eigenvalue weighted by Gasteiger charge is -2.34. The van der Waals surface area contributed by atoms with E-state index in [2.05, 4.69) is 25.0 Å². The summed E-state index contributed by atoms with van der Waals surface area (Å²) in [5, 5.41) is 13.9. The summed E-state index contributed by atoms with van der Waals surface area (Å²) in [6.07, 6.45) is 3.30. The molecule has 106 valence electrons. The van der Waals surface area contributed by atoms with Gasteiger partial charge in [-0.15, -0.1) is 0 Å². The monoisotopic (exact) mass is 295 g/mol. The van der Waals surface area contributed by atoms with Crippen molar-refractivity contribution >= 4 is 17.5 Å². The number of hydrogen-bond donors (Lipinski definition) is 1. The average molecular weight is 296 g/mol. The summed E-state index contributed by atoms with van der Waals surface area (Å²) in [6, 6.07) is 0. The lowest BCUT2D eigenvalue weighted by molar-refractivity contribution is 0.0966. The number of halogens is 1. The highest BCUT2D eigenvalue weighted by atomic mass is 35.5. The molecule has 9 heteroatoms. The van der Waals surface area contributed by atoms with Crippen molar-refractivity contribution in [3.63, 3.8) is 0 Å². The van der Waals surface area contributed by atoms with Gasteiger partial charge in [-0.25, -0.2) is 4.98 Å². The molecular formula is C11H14ClN7O. The second-order valence-corrected chi connectivity index (χ2v) is 5.16. The van der Waals surface area contributed by atoms with E-state index in [9.17, 15) is 5.11 Å². The molecule has 0 spiro atoms. The number of piperidine rings is 1. The summed E-state index contributed by atoms with van der Waals surface area (Å²) >= 11 is 5.95. The fourth-order valence-corrected chi connectivity index (χ4v) is 2.35.